The van der Waals surface area contributed by atoms with Crippen LogP contribution in [0, 0.1) is 0 Å². The normalized spacial score (nSPS) is 18.8. The Balaban J connectivity index is 2.16. The second kappa shape index (κ2) is 7.43. The van der Waals surface area contributed by atoms with Gasteiger partial charge in [-0.3, -0.25) is 0 Å². The van der Waals surface area contributed by atoms with Crippen LogP contribution in [0.4, 0.5) is 0 Å². The minimum Gasteiger partial charge on any atom is -0.314 e. The number of hydrogen-bond acceptors (Lipinski definition) is 2. The van der Waals surface area contributed by atoms with Gasteiger partial charge in [-0.1, -0.05) is 31.4 Å². The summed E-state index contributed by atoms with van der Waals surface area (Å²) < 4.78 is 0. The first-order valence-corrected chi connectivity index (χ1v) is 5.74. The SMILES string of the molecule is C=C/C=C(\C=C)CCCN1CCNCC1. The molecule has 2 heteroatoms. The van der Waals surface area contributed by atoms with Crippen molar-refractivity contribution in [2.24, 2.45) is 0 Å². The van der Waals surface area contributed by atoms with Crippen LogP contribution in [0.3, 0.4) is 0 Å². The van der Waals surface area contributed by atoms with Crippen LogP contribution in [0.2, 0.25) is 0 Å². The van der Waals surface area contributed by atoms with E-state index in [-0.39, 0.29) is 0 Å². The molecule has 1 N–H and O–H groups in total. The van der Waals surface area contributed by atoms with Crippen molar-refractivity contribution in [1.82, 2.24) is 10.2 Å². The summed E-state index contributed by atoms with van der Waals surface area (Å²) in [6.45, 7) is 13.4. The zero-order valence-electron chi connectivity index (χ0n) is 9.54. The van der Waals surface area contributed by atoms with Gasteiger partial charge in [0.15, 0.2) is 0 Å². The maximum absolute atomic E-state index is 3.81. The Hall–Kier alpha value is -0.860. The van der Waals surface area contributed by atoms with E-state index in [1.54, 1.807) is 0 Å². The third kappa shape index (κ3) is 4.96. The number of allylic oxidation sites excluding steroid dienone is 4. The monoisotopic (exact) mass is 206 g/mol. The van der Waals surface area contributed by atoms with Crippen LogP contribution >= 0.6 is 0 Å². The van der Waals surface area contributed by atoms with Crippen LogP contribution in [0.5, 0.6) is 0 Å². The summed E-state index contributed by atoms with van der Waals surface area (Å²) in [5, 5.41) is 3.36. The highest BCUT2D eigenvalue weighted by Gasteiger charge is 2.08. The fourth-order valence-electron chi connectivity index (χ4n) is 1.85. The van der Waals surface area contributed by atoms with Crippen molar-refractivity contribution in [3.63, 3.8) is 0 Å². The fourth-order valence-corrected chi connectivity index (χ4v) is 1.85. The minimum absolute atomic E-state index is 1.11. The molecule has 1 aliphatic rings. The number of nitrogens with zero attached hydrogens (tertiary/aromatic N) is 1. The summed E-state index contributed by atoms with van der Waals surface area (Å²) in [4.78, 5) is 2.52. The van der Waals surface area contributed by atoms with Crippen LogP contribution in [-0.4, -0.2) is 37.6 Å². The van der Waals surface area contributed by atoms with E-state index in [2.05, 4.69) is 23.4 Å². The molecule has 84 valence electrons. The van der Waals surface area contributed by atoms with Crippen molar-refractivity contribution in [3.8, 4) is 0 Å². The third-order valence-electron chi connectivity index (χ3n) is 2.74. The van der Waals surface area contributed by atoms with E-state index in [0.717, 1.165) is 19.5 Å². The van der Waals surface area contributed by atoms with Gasteiger partial charge in [0.05, 0.1) is 0 Å². The number of hydrogen-bond donors (Lipinski definition) is 1. The molecule has 0 atom stereocenters. The molecule has 0 amide bonds. The van der Waals surface area contributed by atoms with Crippen molar-refractivity contribution in [2.45, 2.75) is 12.8 Å². The minimum atomic E-state index is 1.11. The summed E-state index contributed by atoms with van der Waals surface area (Å²) in [5.41, 5.74) is 1.29. The lowest BCUT2D eigenvalue weighted by molar-refractivity contribution is 0.239. The van der Waals surface area contributed by atoms with E-state index in [4.69, 9.17) is 0 Å². The lowest BCUT2D eigenvalue weighted by atomic mass is 10.1. The summed E-state index contributed by atoms with van der Waals surface area (Å²) >= 11 is 0. The standard InChI is InChI=1S/C13H22N2/c1-3-6-13(4-2)7-5-10-15-11-8-14-9-12-15/h3-4,6,14H,1-2,5,7-12H2/b13-6+. The van der Waals surface area contributed by atoms with E-state index in [9.17, 15) is 0 Å². The molecule has 0 radical (unpaired) electrons. The molecule has 2 nitrogen and oxygen atoms in total. The highest BCUT2D eigenvalue weighted by molar-refractivity contribution is 5.20. The fraction of sp³-hybridized carbons (Fsp3) is 0.538. The second-order valence-corrected chi connectivity index (χ2v) is 3.88. The van der Waals surface area contributed by atoms with Crippen LogP contribution in [0.15, 0.2) is 37.0 Å². The number of rotatable bonds is 6. The zero-order chi connectivity index (χ0) is 10.9. The Morgan fingerprint density at radius 3 is 2.60 bits per heavy atom. The molecule has 0 aromatic rings. The Bertz CT molecular complexity index is 225. The molecule has 1 fully saturated rings. The van der Waals surface area contributed by atoms with Gasteiger partial charge in [0.25, 0.3) is 0 Å². The maximum Gasteiger partial charge on any atom is 0.0107 e. The molecule has 1 aliphatic heterocycles. The average Bonchev–Trinajstić information content (AvgIpc) is 2.29. The van der Waals surface area contributed by atoms with E-state index in [1.807, 2.05) is 18.2 Å². The molecule has 0 aromatic heterocycles. The summed E-state index contributed by atoms with van der Waals surface area (Å²) in [6, 6.07) is 0. The Morgan fingerprint density at radius 2 is 2.00 bits per heavy atom. The van der Waals surface area contributed by atoms with Gasteiger partial charge in [0.2, 0.25) is 0 Å². The first-order valence-electron chi connectivity index (χ1n) is 5.74. The predicted molar refractivity (Wildman–Crippen MR) is 67.0 cm³/mol. The quantitative estimate of drug-likeness (QED) is 0.668. The van der Waals surface area contributed by atoms with Gasteiger partial charge in [-0.2, -0.15) is 0 Å². The van der Waals surface area contributed by atoms with E-state index in [0.29, 0.717) is 0 Å². The molecule has 1 heterocycles. The Labute approximate surface area is 93.4 Å². The lowest BCUT2D eigenvalue weighted by Gasteiger charge is -2.27. The highest BCUT2D eigenvalue weighted by atomic mass is 15.2. The van der Waals surface area contributed by atoms with Crippen LogP contribution in [0.25, 0.3) is 0 Å². The van der Waals surface area contributed by atoms with E-state index in [1.165, 1.54) is 31.6 Å². The highest BCUT2D eigenvalue weighted by Crippen LogP contribution is 2.07. The largest absolute Gasteiger partial charge is 0.314 e. The molecule has 0 bridgehead atoms. The Morgan fingerprint density at radius 1 is 1.27 bits per heavy atom. The molecular weight excluding hydrogens is 184 g/mol. The molecule has 0 aliphatic carbocycles. The third-order valence-corrected chi connectivity index (χ3v) is 2.74. The van der Waals surface area contributed by atoms with Gasteiger partial charge in [-0.15, -0.1) is 0 Å². The van der Waals surface area contributed by atoms with Gasteiger partial charge in [-0.25, -0.2) is 0 Å². The van der Waals surface area contributed by atoms with Crippen LogP contribution in [-0.2, 0) is 0 Å². The van der Waals surface area contributed by atoms with E-state index < -0.39 is 0 Å². The molecule has 1 rings (SSSR count). The van der Waals surface area contributed by atoms with Gasteiger partial charge < -0.3 is 10.2 Å². The molecular formula is C13H22N2. The smallest absolute Gasteiger partial charge is 0.0107 e. The van der Waals surface area contributed by atoms with Gasteiger partial charge in [-0.05, 0) is 25.0 Å². The van der Waals surface area contributed by atoms with Crippen molar-refractivity contribution in [1.29, 1.82) is 0 Å². The maximum atomic E-state index is 3.81. The Kier molecular flexibility index (Phi) is 6.05. The average molecular weight is 206 g/mol. The predicted octanol–water partition coefficient (Wildman–Crippen LogP) is 1.97. The van der Waals surface area contributed by atoms with Crippen molar-refractivity contribution in [3.05, 3.63) is 37.0 Å². The molecule has 0 unspecified atom stereocenters. The van der Waals surface area contributed by atoms with Gasteiger partial charge in [0.1, 0.15) is 0 Å². The first-order chi connectivity index (χ1) is 7.36. The number of piperazine rings is 1. The lowest BCUT2D eigenvalue weighted by Crippen LogP contribution is -2.43. The molecule has 15 heavy (non-hydrogen) atoms. The zero-order valence-corrected chi connectivity index (χ0v) is 9.54. The molecule has 0 aromatic carbocycles. The number of nitrogens with one attached hydrogen (secondary N) is 1. The van der Waals surface area contributed by atoms with E-state index >= 15 is 0 Å². The second-order valence-electron chi connectivity index (χ2n) is 3.88. The van der Waals surface area contributed by atoms with Crippen molar-refractivity contribution < 1.29 is 0 Å². The van der Waals surface area contributed by atoms with Crippen molar-refractivity contribution in [2.75, 3.05) is 32.7 Å². The first kappa shape index (κ1) is 12.2. The molecule has 1 saturated heterocycles. The van der Waals surface area contributed by atoms with Crippen LogP contribution in [0.1, 0.15) is 12.8 Å². The topological polar surface area (TPSA) is 15.3 Å². The molecule has 0 spiro atoms. The van der Waals surface area contributed by atoms with Crippen LogP contribution < -0.4 is 5.32 Å². The molecule has 0 saturated carbocycles. The van der Waals surface area contributed by atoms with Crippen molar-refractivity contribution >= 4 is 0 Å². The van der Waals surface area contributed by atoms with Gasteiger partial charge >= 0.3 is 0 Å². The summed E-state index contributed by atoms with van der Waals surface area (Å²) in [6.07, 6.45) is 8.14. The summed E-state index contributed by atoms with van der Waals surface area (Å²) in [7, 11) is 0. The van der Waals surface area contributed by atoms with Gasteiger partial charge in [0, 0.05) is 26.2 Å². The summed E-state index contributed by atoms with van der Waals surface area (Å²) in [5.74, 6) is 0.